The molecule has 0 amide bonds. The van der Waals surface area contributed by atoms with Crippen LogP contribution in [0.15, 0.2) is 0 Å². The van der Waals surface area contributed by atoms with E-state index in [1.165, 1.54) is 173 Å². The Labute approximate surface area is 568 Å². The van der Waals surface area contributed by atoms with Crippen molar-refractivity contribution in [2.75, 3.05) is 39.6 Å². The van der Waals surface area contributed by atoms with Gasteiger partial charge < -0.3 is 33.8 Å². The van der Waals surface area contributed by atoms with Crippen molar-refractivity contribution in [2.24, 2.45) is 17.8 Å². The van der Waals surface area contributed by atoms with Crippen LogP contribution in [0, 0.1) is 17.8 Å². The summed E-state index contributed by atoms with van der Waals surface area (Å²) in [6.07, 6.45) is 50.0. The molecular weight excluding hydrogens is 1220 g/mol. The van der Waals surface area contributed by atoms with Crippen LogP contribution in [0.4, 0.5) is 0 Å². The van der Waals surface area contributed by atoms with Gasteiger partial charge in [-0.3, -0.25) is 37.3 Å². The molecule has 0 radical (unpaired) electrons. The average molecular weight is 1370 g/mol. The highest BCUT2D eigenvalue weighted by Gasteiger charge is 2.30. The zero-order chi connectivity index (χ0) is 68.7. The van der Waals surface area contributed by atoms with Crippen LogP contribution in [-0.4, -0.2) is 96.7 Å². The van der Waals surface area contributed by atoms with Crippen LogP contribution in [0.3, 0.4) is 0 Å². The number of aliphatic hydroxyl groups is 1. The van der Waals surface area contributed by atoms with Crippen molar-refractivity contribution in [1.82, 2.24) is 0 Å². The number of hydrogen-bond donors (Lipinski definition) is 3. The summed E-state index contributed by atoms with van der Waals surface area (Å²) in [6.45, 7) is 11.9. The maximum atomic E-state index is 13.1. The molecule has 0 spiro atoms. The molecule has 0 saturated carbocycles. The second-order valence-electron chi connectivity index (χ2n) is 27.9. The van der Waals surface area contributed by atoms with E-state index in [0.717, 1.165) is 120 Å². The Kier molecular flexibility index (Phi) is 63.4. The third-order valence-corrected chi connectivity index (χ3v) is 19.4. The second kappa shape index (κ2) is 64.7. The minimum absolute atomic E-state index is 0.106. The zero-order valence-electron chi connectivity index (χ0n) is 60.7. The second-order valence-corrected chi connectivity index (χ2v) is 30.8. The molecule has 552 valence electrons. The highest BCUT2D eigenvalue weighted by Crippen LogP contribution is 2.45. The molecule has 0 rings (SSSR count). The van der Waals surface area contributed by atoms with Crippen molar-refractivity contribution in [1.29, 1.82) is 0 Å². The van der Waals surface area contributed by atoms with Crippen LogP contribution in [0.1, 0.15) is 376 Å². The van der Waals surface area contributed by atoms with Gasteiger partial charge in [0.1, 0.15) is 19.3 Å². The predicted octanol–water partition coefficient (Wildman–Crippen LogP) is 21.4. The van der Waals surface area contributed by atoms with Gasteiger partial charge in [0.2, 0.25) is 0 Å². The quantitative estimate of drug-likeness (QED) is 0.0222. The Morgan fingerprint density at radius 2 is 0.548 bits per heavy atom. The van der Waals surface area contributed by atoms with Crippen LogP contribution in [-0.2, 0) is 65.4 Å². The lowest BCUT2D eigenvalue weighted by atomic mass is 9.99. The maximum absolute atomic E-state index is 13.1. The number of phosphoric ester groups is 2. The number of carbonyl (C=O) groups is 4. The summed E-state index contributed by atoms with van der Waals surface area (Å²) in [6, 6.07) is 0. The molecule has 0 aliphatic rings. The summed E-state index contributed by atoms with van der Waals surface area (Å²) in [5, 5.41) is 10.6. The van der Waals surface area contributed by atoms with Crippen molar-refractivity contribution < 1.29 is 80.2 Å². The van der Waals surface area contributed by atoms with E-state index in [1.54, 1.807) is 0 Å². The molecule has 0 saturated heterocycles. The number of aliphatic hydroxyl groups excluding tert-OH is 1. The Morgan fingerprint density at radius 3 is 0.817 bits per heavy atom. The number of unbranched alkanes of at least 4 members (excludes halogenated alkanes) is 39. The first-order chi connectivity index (χ1) is 44.8. The maximum Gasteiger partial charge on any atom is 0.472 e. The predicted molar refractivity (Wildman–Crippen MR) is 377 cm³/mol. The minimum atomic E-state index is -4.96. The molecule has 3 N–H and O–H groups in total. The van der Waals surface area contributed by atoms with Gasteiger partial charge in [-0.15, -0.1) is 0 Å². The lowest BCUT2D eigenvalue weighted by Crippen LogP contribution is -2.30. The van der Waals surface area contributed by atoms with E-state index < -0.39 is 97.5 Å². The van der Waals surface area contributed by atoms with E-state index in [0.29, 0.717) is 25.7 Å². The van der Waals surface area contributed by atoms with Gasteiger partial charge in [-0.1, -0.05) is 325 Å². The third kappa shape index (κ3) is 67.0. The molecule has 19 heteroatoms. The Hall–Kier alpha value is -1.94. The van der Waals surface area contributed by atoms with Crippen molar-refractivity contribution in [3.63, 3.8) is 0 Å². The topological polar surface area (TPSA) is 237 Å². The summed E-state index contributed by atoms with van der Waals surface area (Å²) in [4.78, 5) is 72.6. The van der Waals surface area contributed by atoms with Crippen LogP contribution in [0.5, 0.6) is 0 Å². The van der Waals surface area contributed by atoms with Crippen LogP contribution >= 0.6 is 15.6 Å². The molecule has 6 atom stereocenters. The van der Waals surface area contributed by atoms with Crippen molar-refractivity contribution in [3.8, 4) is 0 Å². The lowest BCUT2D eigenvalue weighted by molar-refractivity contribution is -0.161. The number of rotatable bonds is 72. The normalized spacial score (nSPS) is 14.4. The number of hydrogen-bond acceptors (Lipinski definition) is 15. The zero-order valence-corrected chi connectivity index (χ0v) is 62.5. The first-order valence-corrected chi connectivity index (χ1v) is 41.4. The van der Waals surface area contributed by atoms with Crippen molar-refractivity contribution in [3.05, 3.63) is 0 Å². The Balaban J connectivity index is 5.20. The fourth-order valence-corrected chi connectivity index (χ4v) is 12.8. The number of esters is 4. The number of phosphoric acid groups is 2. The molecule has 0 aliphatic heterocycles. The van der Waals surface area contributed by atoms with Crippen LogP contribution in [0.2, 0.25) is 0 Å². The molecule has 0 aromatic carbocycles. The Bertz CT molecular complexity index is 1820. The van der Waals surface area contributed by atoms with Crippen LogP contribution < -0.4 is 0 Å². The minimum Gasteiger partial charge on any atom is -0.462 e. The molecule has 17 nitrogen and oxygen atoms in total. The molecule has 0 aromatic rings. The standard InChI is InChI=1S/C74H144O17P2/c1-8-10-11-12-31-41-48-55-71(76)84-61-69(90-74(79)58-51-44-37-30-24-23-27-34-40-47-54-67(7)9-2)63-88-92(80,81)86-59-68(75)60-87-93(82,83)89-64-70(62-85-72(77)56-49-42-35-28-22-18-20-26-33-39-46-53-66(5)6)91-73(78)57-50-43-36-29-21-17-15-13-14-16-19-25-32-38-45-52-65(3)4/h65-70,75H,8-64H2,1-7H3,(H,80,81)(H,82,83)/t67?,68-,69+,70+/m0/s1. The molecule has 0 aromatic heterocycles. The summed E-state index contributed by atoms with van der Waals surface area (Å²) in [7, 11) is -9.90. The van der Waals surface area contributed by atoms with E-state index in [9.17, 15) is 43.2 Å². The smallest absolute Gasteiger partial charge is 0.462 e. The molecule has 3 unspecified atom stereocenters. The van der Waals surface area contributed by atoms with Crippen molar-refractivity contribution in [2.45, 2.75) is 394 Å². The molecular formula is C74H144O17P2. The van der Waals surface area contributed by atoms with Gasteiger partial charge in [0, 0.05) is 25.7 Å². The summed E-state index contributed by atoms with van der Waals surface area (Å²) >= 11 is 0. The van der Waals surface area contributed by atoms with E-state index in [4.69, 9.17) is 37.0 Å². The average Bonchev–Trinajstić information content (AvgIpc) is 2.69. The summed E-state index contributed by atoms with van der Waals surface area (Å²) < 4.78 is 68.4. The first-order valence-electron chi connectivity index (χ1n) is 38.4. The van der Waals surface area contributed by atoms with Gasteiger partial charge in [-0.05, 0) is 43.4 Å². The molecule has 0 heterocycles. The van der Waals surface area contributed by atoms with Gasteiger partial charge >= 0.3 is 39.5 Å². The summed E-state index contributed by atoms with van der Waals surface area (Å²) in [5.41, 5.74) is 0. The molecule has 0 aliphatic carbocycles. The number of carbonyl (C=O) groups excluding carboxylic acids is 4. The monoisotopic (exact) mass is 1370 g/mol. The van der Waals surface area contributed by atoms with Gasteiger partial charge in [-0.2, -0.15) is 0 Å². The Morgan fingerprint density at radius 1 is 0.312 bits per heavy atom. The SMILES string of the molecule is CCCCCCCCCC(=O)OC[C@H](COP(=O)(O)OC[C@H](O)COP(=O)(O)OC[C@@H](COC(=O)CCCCCCCCCCCCCC(C)C)OC(=O)CCCCCCCCCCCCCCCCCC(C)C)OC(=O)CCCCCCCCCCCCC(C)CC. The van der Waals surface area contributed by atoms with E-state index >= 15 is 0 Å². The van der Waals surface area contributed by atoms with Crippen LogP contribution in [0.25, 0.3) is 0 Å². The van der Waals surface area contributed by atoms with E-state index in [1.807, 2.05) is 0 Å². The lowest BCUT2D eigenvalue weighted by Gasteiger charge is -2.21. The largest absolute Gasteiger partial charge is 0.472 e. The highest BCUT2D eigenvalue weighted by atomic mass is 31.2. The first kappa shape index (κ1) is 91.1. The highest BCUT2D eigenvalue weighted by molar-refractivity contribution is 7.47. The summed E-state index contributed by atoms with van der Waals surface area (Å²) in [5.74, 6) is 0.253. The van der Waals surface area contributed by atoms with E-state index in [2.05, 4.69) is 48.5 Å². The fraction of sp³-hybridized carbons (Fsp3) is 0.946. The molecule has 0 fully saturated rings. The van der Waals surface area contributed by atoms with Gasteiger partial charge in [0.15, 0.2) is 12.2 Å². The third-order valence-electron chi connectivity index (χ3n) is 17.5. The number of ether oxygens (including phenoxy) is 4. The molecule has 0 bridgehead atoms. The van der Waals surface area contributed by atoms with Gasteiger partial charge in [0.05, 0.1) is 26.4 Å². The van der Waals surface area contributed by atoms with Gasteiger partial charge in [0.25, 0.3) is 0 Å². The van der Waals surface area contributed by atoms with Gasteiger partial charge in [-0.25, -0.2) is 9.13 Å². The molecule has 93 heavy (non-hydrogen) atoms. The van der Waals surface area contributed by atoms with Crippen molar-refractivity contribution >= 4 is 39.5 Å². The van der Waals surface area contributed by atoms with E-state index in [-0.39, 0.29) is 25.7 Å². The fourth-order valence-electron chi connectivity index (χ4n) is 11.2.